The van der Waals surface area contributed by atoms with Crippen molar-refractivity contribution in [3.05, 3.63) is 0 Å². The summed E-state index contributed by atoms with van der Waals surface area (Å²) in [6, 6.07) is -0.149. The fraction of sp³-hybridized carbons (Fsp3) is 0.750. The van der Waals surface area contributed by atoms with Crippen LogP contribution in [0.25, 0.3) is 0 Å². The first-order valence-corrected chi connectivity index (χ1v) is 4.17. The number of hydrogen-bond acceptors (Lipinski definition) is 2. The average Bonchev–Trinajstić information content (AvgIpc) is 2.11. The Morgan fingerprint density at radius 3 is 2.15 bits per heavy atom. The smallest absolute Gasteiger partial charge is 0.319 e. The lowest BCUT2D eigenvalue weighted by Gasteiger charge is -2.23. The number of amides is 2. The number of hydrogen-bond donors (Lipinski definition) is 1. The number of urea groups is 1. The number of aliphatic carboxylic acids is 1. The molecule has 0 bridgehead atoms. The van der Waals surface area contributed by atoms with Gasteiger partial charge in [0.15, 0.2) is 0 Å². The summed E-state index contributed by atoms with van der Waals surface area (Å²) in [5.74, 6) is -0.890. The van der Waals surface area contributed by atoms with Crippen LogP contribution in [0, 0.1) is 0 Å². The lowest BCUT2D eigenvalue weighted by molar-refractivity contribution is -0.137. The summed E-state index contributed by atoms with van der Waals surface area (Å²) in [7, 11) is 3.27. The molecule has 0 saturated carbocycles. The maximum atomic E-state index is 11.3. The van der Waals surface area contributed by atoms with Crippen LogP contribution in [0.15, 0.2) is 0 Å². The normalized spacial score (nSPS) is 9.46. The third-order valence-corrected chi connectivity index (χ3v) is 1.79. The van der Waals surface area contributed by atoms with E-state index < -0.39 is 5.97 Å². The fourth-order valence-electron chi connectivity index (χ4n) is 0.786. The molecule has 0 aliphatic carbocycles. The van der Waals surface area contributed by atoms with Crippen LogP contribution in [0.2, 0.25) is 0 Å². The highest BCUT2D eigenvalue weighted by atomic mass is 16.4. The second kappa shape index (κ2) is 5.40. The van der Waals surface area contributed by atoms with Gasteiger partial charge in [0.25, 0.3) is 0 Å². The molecule has 13 heavy (non-hydrogen) atoms. The first-order valence-electron chi connectivity index (χ1n) is 4.17. The van der Waals surface area contributed by atoms with Gasteiger partial charge in [-0.15, -0.1) is 0 Å². The highest BCUT2D eigenvalue weighted by molar-refractivity contribution is 5.74. The molecule has 5 nitrogen and oxygen atoms in total. The average molecular weight is 188 g/mol. The van der Waals surface area contributed by atoms with Crippen molar-refractivity contribution < 1.29 is 14.7 Å². The van der Waals surface area contributed by atoms with Crippen molar-refractivity contribution >= 4 is 12.0 Å². The Hall–Kier alpha value is -1.26. The Bertz CT molecular complexity index is 194. The molecule has 0 atom stereocenters. The van der Waals surface area contributed by atoms with Gasteiger partial charge in [-0.25, -0.2) is 4.79 Å². The van der Waals surface area contributed by atoms with Gasteiger partial charge in [-0.3, -0.25) is 4.79 Å². The minimum absolute atomic E-state index is 0.0141. The van der Waals surface area contributed by atoms with Gasteiger partial charge < -0.3 is 14.9 Å². The fourth-order valence-corrected chi connectivity index (χ4v) is 0.786. The van der Waals surface area contributed by atoms with E-state index >= 15 is 0 Å². The molecule has 76 valence electrons. The van der Waals surface area contributed by atoms with Gasteiger partial charge >= 0.3 is 12.0 Å². The van der Waals surface area contributed by atoms with E-state index in [4.69, 9.17) is 5.11 Å². The van der Waals surface area contributed by atoms with Crippen molar-refractivity contribution in [3.8, 4) is 0 Å². The van der Waals surface area contributed by atoms with E-state index in [0.29, 0.717) is 6.54 Å². The van der Waals surface area contributed by atoms with Crippen molar-refractivity contribution in [3.63, 3.8) is 0 Å². The summed E-state index contributed by atoms with van der Waals surface area (Å²) in [5, 5.41) is 8.39. The predicted molar refractivity (Wildman–Crippen MR) is 48.6 cm³/mol. The SMILES string of the molecule is CCN(C)C(=O)N(C)CCC(=O)O. The summed E-state index contributed by atoms with van der Waals surface area (Å²) >= 11 is 0. The Kier molecular flexibility index (Phi) is 4.87. The third-order valence-electron chi connectivity index (χ3n) is 1.79. The van der Waals surface area contributed by atoms with E-state index in [1.807, 2.05) is 6.92 Å². The zero-order valence-electron chi connectivity index (χ0n) is 8.28. The van der Waals surface area contributed by atoms with Crippen LogP contribution in [-0.2, 0) is 4.79 Å². The van der Waals surface area contributed by atoms with E-state index in [1.54, 1.807) is 14.1 Å². The van der Waals surface area contributed by atoms with Gasteiger partial charge in [0.05, 0.1) is 6.42 Å². The molecule has 0 spiro atoms. The number of carbonyl (C=O) groups excluding carboxylic acids is 1. The standard InChI is InChI=1S/C8H16N2O3/c1-4-9(2)8(13)10(3)6-5-7(11)12/h4-6H2,1-3H3,(H,11,12). The van der Waals surface area contributed by atoms with Gasteiger partial charge in [0.1, 0.15) is 0 Å². The van der Waals surface area contributed by atoms with E-state index in [2.05, 4.69) is 0 Å². The van der Waals surface area contributed by atoms with E-state index in [0.717, 1.165) is 0 Å². The monoisotopic (exact) mass is 188 g/mol. The van der Waals surface area contributed by atoms with Crippen LogP contribution in [0.3, 0.4) is 0 Å². The summed E-state index contributed by atoms with van der Waals surface area (Å²) in [4.78, 5) is 24.5. The third kappa shape index (κ3) is 4.35. The highest BCUT2D eigenvalue weighted by Crippen LogP contribution is 1.94. The Morgan fingerprint density at radius 2 is 1.77 bits per heavy atom. The summed E-state index contributed by atoms with van der Waals surface area (Å²) in [5.41, 5.74) is 0. The maximum absolute atomic E-state index is 11.3. The van der Waals surface area contributed by atoms with Crippen LogP contribution in [-0.4, -0.2) is 54.1 Å². The number of carboxylic acid groups (broad SMARTS) is 1. The van der Waals surface area contributed by atoms with Gasteiger partial charge in [0, 0.05) is 27.2 Å². The molecule has 0 aromatic rings. The molecule has 0 aliphatic heterocycles. The summed E-state index contributed by atoms with van der Waals surface area (Å²) in [6.45, 7) is 2.73. The molecule has 0 heterocycles. The number of carbonyl (C=O) groups is 2. The molecular formula is C8H16N2O3. The Morgan fingerprint density at radius 1 is 1.23 bits per heavy atom. The topological polar surface area (TPSA) is 60.9 Å². The largest absolute Gasteiger partial charge is 0.481 e. The minimum Gasteiger partial charge on any atom is -0.481 e. The van der Waals surface area contributed by atoms with E-state index in [9.17, 15) is 9.59 Å². The molecule has 0 aromatic heterocycles. The van der Waals surface area contributed by atoms with Gasteiger partial charge in [-0.2, -0.15) is 0 Å². The Labute approximate surface area is 77.9 Å². The van der Waals surface area contributed by atoms with Crippen molar-refractivity contribution in [1.82, 2.24) is 9.80 Å². The molecule has 0 aliphatic rings. The molecule has 0 radical (unpaired) electrons. The second-order valence-electron chi connectivity index (χ2n) is 2.86. The maximum Gasteiger partial charge on any atom is 0.319 e. The lowest BCUT2D eigenvalue weighted by atomic mass is 10.4. The zero-order valence-corrected chi connectivity index (χ0v) is 8.28. The van der Waals surface area contributed by atoms with E-state index in [-0.39, 0.29) is 19.0 Å². The molecule has 0 saturated heterocycles. The van der Waals surface area contributed by atoms with Crippen molar-refractivity contribution in [2.45, 2.75) is 13.3 Å². The predicted octanol–water partition coefficient (Wildman–Crippen LogP) is 0.465. The van der Waals surface area contributed by atoms with Crippen LogP contribution in [0.4, 0.5) is 4.79 Å². The first kappa shape index (κ1) is 11.7. The minimum atomic E-state index is -0.890. The molecule has 2 amide bonds. The first-order chi connectivity index (χ1) is 5.99. The number of rotatable bonds is 4. The number of nitrogens with zero attached hydrogens (tertiary/aromatic N) is 2. The molecule has 0 fully saturated rings. The lowest BCUT2D eigenvalue weighted by Crippen LogP contribution is -2.39. The summed E-state index contributed by atoms with van der Waals surface area (Å²) < 4.78 is 0. The van der Waals surface area contributed by atoms with Gasteiger partial charge in [0.2, 0.25) is 0 Å². The van der Waals surface area contributed by atoms with Crippen LogP contribution < -0.4 is 0 Å². The van der Waals surface area contributed by atoms with Crippen molar-refractivity contribution in [2.75, 3.05) is 27.2 Å². The number of carboxylic acids is 1. The quantitative estimate of drug-likeness (QED) is 0.697. The van der Waals surface area contributed by atoms with Crippen LogP contribution in [0.1, 0.15) is 13.3 Å². The molecule has 5 heteroatoms. The molecule has 0 unspecified atom stereocenters. The van der Waals surface area contributed by atoms with Gasteiger partial charge in [-0.1, -0.05) is 0 Å². The summed E-state index contributed by atoms with van der Waals surface area (Å²) in [6.07, 6.45) is -0.0141. The zero-order chi connectivity index (χ0) is 10.4. The Balaban J connectivity index is 3.89. The highest BCUT2D eigenvalue weighted by Gasteiger charge is 2.12. The second-order valence-corrected chi connectivity index (χ2v) is 2.86. The molecule has 0 aromatic carbocycles. The van der Waals surface area contributed by atoms with E-state index in [1.165, 1.54) is 9.80 Å². The van der Waals surface area contributed by atoms with Crippen molar-refractivity contribution in [1.29, 1.82) is 0 Å². The van der Waals surface area contributed by atoms with Gasteiger partial charge in [-0.05, 0) is 6.92 Å². The van der Waals surface area contributed by atoms with Crippen molar-refractivity contribution in [2.24, 2.45) is 0 Å². The molecule has 1 N–H and O–H groups in total. The molecular weight excluding hydrogens is 172 g/mol. The van der Waals surface area contributed by atoms with Crippen LogP contribution >= 0.6 is 0 Å². The van der Waals surface area contributed by atoms with Crippen LogP contribution in [0.5, 0.6) is 0 Å². The molecule has 0 rings (SSSR count).